The zero-order valence-electron chi connectivity index (χ0n) is 18.4. The fourth-order valence-corrected chi connectivity index (χ4v) is 4.87. The molecule has 0 bridgehead atoms. The van der Waals surface area contributed by atoms with Gasteiger partial charge in [-0.2, -0.15) is 0 Å². The number of rotatable bonds is 3. The van der Waals surface area contributed by atoms with E-state index in [9.17, 15) is 19.5 Å². The van der Waals surface area contributed by atoms with Gasteiger partial charge in [-0.3, -0.25) is 9.59 Å². The molecule has 2 aromatic carbocycles. The number of benzene rings is 2. The van der Waals surface area contributed by atoms with Crippen molar-refractivity contribution >= 4 is 28.5 Å². The lowest BCUT2D eigenvalue weighted by atomic mass is 9.94. The van der Waals surface area contributed by atoms with Crippen LogP contribution in [0.4, 0.5) is 5.69 Å². The van der Waals surface area contributed by atoms with Crippen molar-refractivity contribution in [2.45, 2.75) is 19.3 Å². The second-order valence-electron chi connectivity index (χ2n) is 8.53. The number of esters is 1. The summed E-state index contributed by atoms with van der Waals surface area (Å²) < 4.78 is 6.59. The van der Waals surface area contributed by atoms with E-state index in [1.165, 1.54) is 0 Å². The first-order chi connectivity index (χ1) is 17.0. The van der Waals surface area contributed by atoms with Gasteiger partial charge in [-0.15, -0.1) is 0 Å². The van der Waals surface area contributed by atoms with E-state index in [0.717, 1.165) is 27.6 Å². The highest BCUT2D eigenvalue weighted by Crippen LogP contribution is 2.42. The van der Waals surface area contributed by atoms with Gasteiger partial charge in [0.25, 0.3) is 5.56 Å². The van der Waals surface area contributed by atoms with Crippen LogP contribution in [-0.4, -0.2) is 33.1 Å². The Balaban J connectivity index is 1.60. The monoisotopic (exact) mass is 468 g/mol. The van der Waals surface area contributed by atoms with Crippen molar-refractivity contribution in [3.05, 3.63) is 81.6 Å². The summed E-state index contributed by atoms with van der Waals surface area (Å²) in [4.78, 5) is 42.0. The summed E-state index contributed by atoms with van der Waals surface area (Å²) in [6, 6.07) is 16.8. The lowest BCUT2D eigenvalue weighted by Crippen LogP contribution is -2.32. The Bertz CT molecular complexity index is 1620. The molecule has 0 fully saturated rings. The first kappa shape index (κ1) is 21.2. The Hall–Kier alpha value is -4.34. The first-order valence-corrected chi connectivity index (χ1v) is 11.1. The van der Waals surface area contributed by atoms with Crippen LogP contribution in [-0.2, 0) is 27.5 Å². The molecule has 0 saturated carbocycles. The molecule has 9 heteroatoms. The van der Waals surface area contributed by atoms with Crippen molar-refractivity contribution in [1.82, 2.24) is 9.55 Å². The van der Waals surface area contributed by atoms with Crippen molar-refractivity contribution in [2.75, 3.05) is 11.9 Å². The molecular formula is C26H20N4O5. The predicted molar refractivity (Wildman–Crippen MR) is 128 cm³/mol. The molecule has 4 N–H and O–H groups in total. The second kappa shape index (κ2) is 7.86. The zero-order chi connectivity index (χ0) is 24.3. The molecule has 0 spiro atoms. The molecule has 2 aromatic heterocycles. The third kappa shape index (κ3) is 3.24. The van der Waals surface area contributed by atoms with E-state index in [1.54, 1.807) is 16.7 Å². The van der Waals surface area contributed by atoms with Crippen LogP contribution >= 0.6 is 0 Å². The Labute approximate surface area is 198 Å². The SMILES string of the molecule is NCC(=O)Nc1cccc(-c2c3c(nc4ccccc24)-c2cc4c(c(=O)n2C3)COC(=O)[C@H]4O)c1. The molecule has 4 heterocycles. The molecule has 2 aliphatic heterocycles. The van der Waals surface area contributed by atoms with Gasteiger partial charge >= 0.3 is 5.97 Å². The molecular weight excluding hydrogens is 448 g/mol. The van der Waals surface area contributed by atoms with Crippen LogP contribution in [0.1, 0.15) is 22.8 Å². The molecule has 1 amide bonds. The van der Waals surface area contributed by atoms with Gasteiger partial charge in [-0.1, -0.05) is 30.3 Å². The number of nitrogens with zero attached hydrogens (tertiary/aromatic N) is 2. The van der Waals surface area contributed by atoms with Gasteiger partial charge in [0.15, 0.2) is 6.10 Å². The fourth-order valence-electron chi connectivity index (χ4n) is 4.87. The minimum atomic E-state index is -1.51. The average molecular weight is 468 g/mol. The van der Waals surface area contributed by atoms with Gasteiger partial charge in [0.2, 0.25) is 5.91 Å². The van der Waals surface area contributed by atoms with Crippen LogP contribution in [0.2, 0.25) is 0 Å². The van der Waals surface area contributed by atoms with Crippen molar-refractivity contribution in [1.29, 1.82) is 0 Å². The number of aliphatic hydroxyl groups excluding tert-OH is 1. The Morgan fingerprint density at radius 2 is 1.97 bits per heavy atom. The topological polar surface area (TPSA) is 137 Å². The van der Waals surface area contributed by atoms with E-state index < -0.39 is 12.1 Å². The van der Waals surface area contributed by atoms with Crippen molar-refractivity contribution < 1.29 is 19.4 Å². The number of nitrogens with one attached hydrogen (secondary N) is 1. The number of fused-ring (bicyclic) bond motifs is 5. The van der Waals surface area contributed by atoms with Gasteiger partial charge in [0.05, 0.1) is 35.6 Å². The highest BCUT2D eigenvalue weighted by atomic mass is 16.5. The first-order valence-electron chi connectivity index (χ1n) is 11.1. The third-order valence-electron chi connectivity index (χ3n) is 6.48. The normalized spacial score (nSPS) is 15.8. The Kier molecular flexibility index (Phi) is 4.77. The molecule has 0 saturated heterocycles. The van der Waals surface area contributed by atoms with Gasteiger partial charge in [0, 0.05) is 22.2 Å². The maximum absolute atomic E-state index is 13.3. The summed E-state index contributed by atoms with van der Waals surface area (Å²) in [7, 11) is 0. The van der Waals surface area contributed by atoms with Crippen LogP contribution in [0.5, 0.6) is 0 Å². The third-order valence-corrected chi connectivity index (χ3v) is 6.48. The summed E-state index contributed by atoms with van der Waals surface area (Å²) in [6.45, 7) is -0.0298. The number of aliphatic hydroxyl groups is 1. The van der Waals surface area contributed by atoms with Crippen LogP contribution in [0.25, 0.3) is 33.4 Å². The van der Waals surface area contributed by atoms with E-state index >= 15 is 0 Å². The number of carbonyl (C=O) groups excluding carboxylic acids is 2. The number of aromatic nitrogens is 2. The van der Waals surface area contributed by atoms with Crippen molar-refractivity contribution in [3.63, 3.8) is 0 Å². The molecule has 174 valence electrons. The average Bonchev–Trinajstić information content (AvgIpc) is 3.23. The van der Waals surface area contributed by atoms with Crippen LogP contribution in [0, 0.1) is 0 Å². The molecule has 6 rings (SSSR count). The van der Waals surface area contributed by atoms with Gasteiger partial charge in [-0.25, -0.2) is 9.78 Å². The van der Waals surface area contributed by atoms with Crippen molar-refractivity contribution in [2.24, 2.45) is 5.73 Å². The zero-order valence-corrected chi connectivity index (χ0v) is 18.4. The molecule has 1 atom stereocenters. The maximum Gasteiger partial charge on any atom is 0.340 e. The summed E-state index contributed by atoms with van der Waals surface area (Å²) in [5, 5.41) is 14.1. The highest BCUT2D eigenvalue weighted by molar-refractivity contribution is 6.01. The predicted octanol–water partition coefficient (Wildman–Crippen LogP) is 2.08. The Morgan fingerprint density at radius 3 is 2.80 bits per heavy atom. The smallest absolute Gasteiger partial charge is 0.340 e. The number of amides is 1. The second-order valence-corrected chi connectivity index (χ2v) is 8.53. The van der Waals surface area contributed by atoms with Gasteiger partial charge in [0.1, 0.15) is 6.61 Å². The lowest BCUT2D eigenvalue weighted by Gasteiger charge is -2.21. The molecule has 0 radical (unpaired) electrons. The summed E-state index contributed by atoms with van der Waals surface area (Å²) >= 11 is 0. The van der Waals surface area contributed by atoms with Gasteiger partial charge in [-0.05, 0) is 35.4 Å². The quantitative estimate of drug-likeness (QED) is 0.345. The van der Waals surface area contributed by atoms with E-state index in [1.807, 2.05) is 42.5 Å². The fraction of sp³-hybridized carbons (Fsp3) is 0.154. The largest absolute Gasteiger partial charge is 0.458 e. The molecule has 9 nitrogen and oxygen atoms in total. The number of anilines is 1. The highest BCUT2D eigenvalue weighted by Gasteiger charge is 2.34. The van der Waals surface area contributed by atoms with Crippen LogP contribution in [0.3, 0.4) is 0 Å². The van der Waals surface area contributed by atoms with E-state index in [4.69, 9.17) is 15.5 Å². The number of carbonyl (C=O) groups is 2. The standard InChI is InChI=1S/C26H20N4O5/c27-10-21(31)28-14-5-3-4-13(8-14)22-15-6-1-2-7-19(15)29-23-17(22)11-30-20(23)9-16-18(25(30)33)12-35-26(34)24(16)32/h1-9,24,32H,10-12,27H2,(H,28,31)/t24-/m0/s1. The number of hydrogen-bond donors (Lipinski definition) is 3. The van der Waals surface area contributed by atoms with E-state index in [-0.39, 0.29) is 42.3 Å². The summed E-state index contributed by atoms with van der Waals surface area (Å²) in [5.41, 5.74) is 10.7. The Morgan fingerprint density at radius 1 is 1.14 bits per heavy atom. The van der Waals surface area contributed by atoms with Crippen LogP contribution < -0.4 is 16.6 Å². The summed E-state index contributed by atoms with van der Waals surface area (Å²) in [6.07, 6.45) is -1.51. The molecule has 0 unspecified atom stereocenters. The number of pyridine rings is 2. The van der Waals surface area contributed by atoms with Gasteiger partial charge < -0.3 is 25.5 Å². The molecule has 2 aliphatic rings. The summed E-state index contributed by atoms with van der Waals surface area (Å²) in [5.74, 6) is -1.07. The number of nitrogens with two attached hydrogens (primary N) is 1. The number of hydrogen-bond acceptors (Lipinski definition) is 7. The number of cyclic esters (lactones) is 1. The lowest BCUT2D eigenvalue weighted by molar-refractivity contribution is -0.157. The van der Waals surface area contributed by atoms with Crippen LogP contribution in [0.15, 0.2) is 59.4 Å². The number of ether oxygens (including phenoxy) is 1. The molecule has 35 heavy (non-hydrogen) atoms. The maximum atomic E-state index is 13.3. The van der Waals surface area contributed by atoms with E-state index in [2.05, 4.69) is 5.32 Å². The molecule has 0 aliphatic carbocycles. The molecule has 4 aromatic rings. The minimum Gasteiger partial charge on any atom is -0.458 e. The van der Waals surface area contributed by atoms with E-state index in [0.29, 0.717) is 17.1 Å². The van der Waals surface area contributed by atoms with Crippen molar-refractivity contribution in [3.8, 4) is 22.5 Å². The number of para-hydroxylation sites is 1. The minimum absolute atomic E-state index is 0.126.